The number of hydrogen-bond donors (Lipinski definition) is 0. The van der Waals surface area contributed by atoms with Gasteiger partial charge in [-0.25, -0.2) is 14.7 Å². The Morgan fingerprint density at radius 1 is 1.45 bits per heavy atom. The van der Waals surface area contributed by atoms with E-state index in [1.54, 1.807) is 11.1 Å². The highest BCUT2D eigenvalue weighted by atomic mass is 79.9. The normalized spacial score (nSPS) is 18.1. The van der Waals surface area contributed by atoms with Crippen molar-refractivity contribution in [2.75, 3.05) is 28.6 Å². The highest BCUT2D eigenvalue weighted by Crippen LogP contribution is 2.32. The van der Waals surface area contributed by atoms with Crippen molar-refractivity contribution in [3.05, 3.63) is 9.98 Å². The van der Waals surface area contributed by atoms with Crippen LogP contribution in [0.2, 0.25) is 0 Å². The van der Waals surface area contributed by atoms with Crippen molar-refractivity contribution in [1.82, 2.24) is 9.88 Å². The molecule has 10 heteroatoms. The highest BCUT2D eigenvalue weighted by molar-refractivity contribution is 9.11. The molecular weight excluding hydrogens is 506 g/mol. The second-order valence-electron chi connectivity index (χ2n) is 4.47. The van der Waals surface area contributed by atoms with Gasteiger partial charge in [-0.3, -0.25) is 4.79 Å². The molecule has 0 bridgehead atoms. The fourth-order valence-corrected chi connectivity index (χ4v) is 3.79. The lowest BCUT2D eigenvalue weighted by molar-refractivity contribution is -0.147. The van der Waals surface area contributed by atoms with Crippen LogP contribution in [0.5, 0.6) is 0 Å². The molecule has 1 aromatic heterocycles. The third-order valence-electron chi connectivity index (χ3n) is 2.94. The lowest BCUT2D eigenvalue weighted by atomic mass is 10.4. The number of hydrogen-bond acceptors (Lipinski definition) is 5. The number of carbonyl (C=O) groups excluding carboxylic acids is 2. The lowest BCUT2D eigenvalue weighted by Crippen LogP contribution is -2.37. The first-order valence-corrected chi connectivity index (χ1v) is 10.4. The summed E-state index contributed by atoms with van der Waals surface area (Å²) in [4.78, 5) is 31.7. The minimum absolute atomic E-state index is 0.181. The van der Waals surface area contributed by atoms with Crippen molar-refractivity contribution < 1.29 is 14.3 Å². The topological polar surface area (TPSA) is 62.7 Å². The summed E-state index contributed by atoms with van der Waals surface area (Å²) >= 11 is 11.2. The molecule has 1 aromatic rings. The molecular formula is C12H14Br3N3O3S. The summed E-state index contributed by atoms with van der Waals surface area (Å²) in [6, 6.07) is -0.181. The van der Waals surface area contributed by atoms with Crippen LogP contribution >= 0.6 is 59.1 Å². The molecule has 0 aliphatic carbocycles. The monoisotopic (exact) mass is 517 g/mol. The SMILES string of the molecule is O=C(CCBr)OC1CN(CCCBr)C(=O)N1c1ncc(Br)s1. The molecule has 0 spiro atoms. The van der Waals surface area contributed by atoms with Gasteiger partial charge in [0.25, 0.3) is 0 Å². The first kappa shape index (κ1) is 18.2. The van der Waals surface area contributed by atoms with Gasteiger partial charge < -0.3 is 9.64 Å². The summed E-state index contributed by atoms with van der Waals surface area (Å²) in [5.74, 6) is -0.336. The number of anilines is 1. The Labute approximate surface area is 157 Å². The number of ether oxygens (including phenoxy) is 1. The van der Waals surface area contributed by atoms with Crippen molar-refractivity contribution in [2.45, 2.75) is 19.1 Å². The first-order valence-electron chi connectivity index (χ1n) is 6.57. The smallest absolute Gasteiger partial charge is 0.329 e. The summed E-state index contributed by atoms with van der Waals surface area (Å²) < 4.78 is 6.26. The first-order chi connectivity index (χ1) is 10.6. The van der Waals surface area contributed by atoms with E-state index in [1.807, 2.05) is 0 Å². The molecule has 1 fully saturated rings. The number of nitrogens with zero attached hydrogens (tertiary/aromatic N) is 3. The van der Waals surface area contributed by atoms with Gasteiger partial charge in [0, 0.05) is 17.2 Å². The van der Waals surface area contributed by atoms with E-state index in [-0.39, 0.29) is 18.4 Å². The fraction of sp³-hybridized carbons (Fsp3) is 0.583. The van der Waals surface area contributed by atoms with E-state index >= 15 is 0 Å². The fourth-order valence-electron chi connectivity index (χ4n) is 2.00. The molecule has 0 radical (unpaired) electrons. The van der Waals surface area contributed by atoms with Crippen LogP contribution in [-0.2, 0) is 9.53 Å². The number of carbonyl (C=O) groups is 2. The van der Waals surface area contributed by atoms with Crippen LogP contribution in [0.15, 0.2) is 9.98 Å². The van der Waals surface area contributed by atoms with Gasteiger partial charge in [-0.05, 0) is 22.4 Å². The Kier molecular flexibility index (Phi) is 7.10. The number of esters is 1. The lowest BCUT2D eigenvalue weighted by Gasteiger charge is -2.20. The van der Waals surface area contributed by atoms with Crippen LogP contribution in [-0.4, -0.2) is 51.9 Å². The number of aromatic nitrogens is 1. The Morgan fingerprint density at radius 2 is 2.23 bits per heavy atom. The zero-order valence-electron chi connectivity index (χ0n) is 11.5. The van der Waals surface area contributed by atoms with Gasteiger partial charge in [-0.2, -0.15) is 0 Å². The van der Waals surface area contributed by atoms with Crippen molar-refractivity contribution in [3.8, 4) is 0 Å². The molecule has 6 nitrogen and oxygen atoms in total. The third-order valence-corrected chi connectivity index (χ3v) is 5.37. The van der Waals surface area contributed by atoms with E-state index < -0.39 is 6.23 Å². The molecule has 22 heavy (non-hydrogen) atoms. The second kappa shape index (κ2) is 8.60. The van der Waals surface area contributed by atoms with Gasteiger partial charge in [0.15, 0.2) is 5.13 Å². The number of alkyl halides is 2. The third kappa shape index (κ3) is 4.42. The maximum absolute atomic E-state index is 12.6. The Hall–Kier alpha value is -0.190. The van der Waals surface area contributed by atoms with Crippen LogP contribution in [0.25, 0.3) is 0 Å². The highest BCUT2D eigenvalue weighted by Gasteiger charge is 2.41. The van der Waals surface area contributed by atoms with Crippen molar-refractivity contribution in [1.29, 1.82) is 0 Å². The number of amides is 2. The van der Waals surface area contributed by atoms with Crippen LogP contribution < -0.4 is 4.90 Å². The van der Waals surface area contributed by atoms with Gasteiger partial charge in [-0.15, -0.1) is 0 Å². The van der Waals surface area contributed by atoms with Crippen molar-refractivity contribution in [3.63, 3.8) is 0 Å². The summed E-state index contributed by atoms with van der Waals surface area (Å²) in [6.45, 7) is 0.969. The number of urea groups is 1. The summed E-state index contributed by atoms with van der Waals surface area (Å²) in [5.41, 5.74) is 0. The van der Waals surface area contributed by atoms with Gasteiger partial charge in [-0.1, -0.05) is 43.2 Å². The van der Waals surface area contributed by atoms with Gasteiger partial charge in [0.1, 0.15) is 0 Å². The molecule has 2 heterocycles. The van der Waals surface area contributed by atoms with E-state index in [0.29, 0.717) is 23.6 Å². The Balaban J connectivity index is 2.16. The Morgan fingerprint density at radius 3 is 2.82 bits per heavy atom. The average molecular weight is 520 g/mol. The van der Waals surface area contributed by atoms with E-state index in [9.17, 15) is 9.59 Å². The standard InChI is InChI=1S/C12H14Br3N3O3S/c13-3-1-5-17-7-9(21-10(19)2-4-14)18(12(17)20)11-16-6-8(15)22-11/h6,9H,1-5,7H2. The van der Waals surface area contributed by atoms with Crippen LogP contribution in [0, 0.1) is 0 Å². The van der Waals surface area contributed by atoms with E-state index in [1.165, 1.54) is 16.2 Å². The van der Waals surface area contributed by atoms with Gasteiger partial charge >= 0.3 is 12.0 Å². The average Bonchev–Trinajstić information content (AvgIpc) is 3.01. The zero-order chi connectivity index (χ0) is 16.1. The number of thiazole rings is 1. The predicted molar refractivity (Wildman–Crippen MR) is 96.0 cm³/mol. The van der Waals surface area contributed by atoms with Crippen molar-refractivity contribution >= 4 is 76.3 Å². The van der Waals surface area contributed by atoms with E-state index in [2.05, 4.69) is 52.8 Å². The molecule has 1 aliphatic heterocycles. The zero-order valence-corrected chi connectivity index (χ0v) is 17.1. The predicted octanol–water partition coefficient (Wildman–Crippen LogP) is 3.59. The van der Waals surface area contributed by atoms with E-state index in [0.717, 1.165) is 15.5 Å². The molecule has 1 atom stereocenters. The summed E-state index contributed by atoms with van der Waals surface area (Å²) in [5, 5.41) is 1.87. The van der Waals surface area contributed by atoms with Crippen LogP contribution in [0.3, 0.4) is 0 Å². The van der Waals surface area contributed by atoms with Gasteiger partial charge in [0.2, 0.25) is 6.23 Å². The molecule has 2 amide bonds. The largest absolute Gasteiger partial charge is 0.439 e. The minimum Gasteiger partial charge on any atom is -0.439 e. The molecule has 1 aliphatic rings. The second-order valence-corrected chi connectivity index (χ2v) is 8.45. The molecule has 0 N–H and O–H groups in total. The number of rotatable bonds is 7. The van der Waals surface area contributed by atoms with E-state index in [4.69, 9.17) is 4.74 Å². The summed E-state index contributed by atoms with van der Waals surface area (Å²) in [7, 11) is 0. The quantitative estimate of drug-likeness (QED) is 0.408. The molecule has 0 saturated carbocycles. The molecule has 1 saturated heterocycles. The molecule has 1 unspecified atom stereocenters. The molecule has 122 valence electrons. The summed E-state index contributed by atoms with van der Waals surface area (Å²) in [6.07, 6.45) is 2.10. The Bertz CT molecular complexity index is 543. The molecule has 2 rings (SSSR count). The number of halogens is 3. The van der Waals surface area contributed by atoms with Gasteiger partial charge in [0.05, 0.1) is 22.9 Å². The van der Waals surface area contributed by atoms with Crippen LogP contribution in [0.4, 0.5) is 9.93 Å². The minimum atomic E-state index is -0.632. The van der Waals surface area contributed by atoms with Crippen LogP contribution in [0.1, 0.15) is 12.8 Å². The van der Waals surface area contributed by atoms with Crippen molar-refractivity contribution in [2.24, 2.45) is 0 Å². The maximum atomic E-state index is 12.6. The maximum Gasteiger partial charge on any atom is 0.329 e. The molecule has 0 aromatic carbocycles.